The molecule has 1 heterocycles. The molecule has 1 aliphatic carbocycles. The molecule has 1 saturated carbocycles. The fourth-order valence-electron chi connectivity index (χ4n) is 2.88. The Morgan fingerprint density at radius 3 is 2.37 bits per heavy atom. The second-order valence-electron chi connectivity index (χ2n) is 5.63. The Balaban J connectivity index is 1.66. The third kappa shape index (κ3) is 3.83. The number of carboxylic acid groups (broad SMARTS) is 1. The number of carbonyl (C=O) groups is 2. The van der Waals surface area contributed by atoms with Gasteiger partial charge in [-0.25, -0.2) is 4.79 Å². The zero-order valence-electron chi connectivity index (χ0n) is 11.0. The normalized spacial score (nSPS) is 31.2. The van der Waals surface area contributed by atoms with E-state index in [1.54, 1.807) is 4.90 Å². The van der Waals surface area contributed by atoms with Crippen LogP contribution >= 0.6 is 0 Å². The summed E-state index contributed by atoms with van der Waals surface area (Å²) >= 11 is 0. The Kier molecular flexibility index (Phi) is 4.63. The molecule has 0 bridgehead atoms. The first-order valence-corrected chi connectivity index (χ1v) is 7.00. The van der Waals surface area contributed by atoms with Gasteiger partial charge in [0.15, 0.2) is 0 Å². The summed E-state index contributed by atoms with van der Waals surface area (Å²) in [5.41, 5.74) is 0. The highest BCUT2D eigenvalue weighted by molar-refractivity contribution is 5.74. The molecule has 19 heavy (non-hydrogen) atoms. The summed E-state index contributed by atoms with van der Waals surface area (Å²) in [4.78, 5) is 24.3. The van der Waals surface area contributed by atoms with E-state index in [1.165, 1.54) is 0 Å². The molecule has 1 atom stereocenters. The summed E-state index contributed by atoms with van der Waals surface area (Å²) in [7, 11) is 0. The molecule has 2 aliphatic rings. The van der Waals surface area contributed by atoms with Crippen LogP contribution in [0, 0.1) is 11.8 Å². The molecule has 2 amide bonds. The van der Waals surface area contributed by atoms with Crippen LogP contribution in [0.15, 0.2) is 0 Å². The van der Waals surface area contributed by atoms with Gasteiger partial charge in [-0.05, 0) is 38.0 Å². The Morgan fingerprint density at radius 1 is 1.16 bits per heavy atom. The first-order valence-electron chi connectivity index (χ1n) is 7.00. The number of hydrogen-bond donors (Lipinski definition) is 3. The third-order valence-corrected chi connectivity index (χ3v) is 4.19. The van der Waals surface area contributed by atoms with Gasteiger partial charge in [0.1, 0.15) is 0 Å². The Bertz CT molecular complexity index is 340. The highest BCUT2D eigenvalue weighted by atomic mass is 16.4. The fourth-order valence-corrected chi connectivity index (χ4v) is 2.88. The van der Waals surface area contributed by atoms with E-state index < -0.39 is 12.1 Å². The predicted molar refractivity (Wildman–Crippen MR) is 68.7 cm³/mol. The number of urea groups is 1. The van der Waals surface area contributed by atoms with Crippen molar-refractivity contribution in [1.29, 1.82) is 0 Å². The molecule has 0 radical (unpaired) electrons. The molecule has 1 unspecified atom stereocenters. The molecule has 0 aromatic carbocycles. The first kappa shape index (κ1) is 14.1. The van der Waals surface area contributed by atoms with Crippen molar-refractivity contribution in [2.24, 2.45) is 11.8 Å². The maximum absolute atomic E-state index is 11.8. The van der Waals surface area contributed by atoms with Gasteiger partial charge in [0, 0.05) is 19.6 Å². The average Bonchev–Trinajstić information content (AvgIpc) is 2.83. The van der Waals surface area contributed by atoms with Crippen LogP contribution in [0.5, 0.6) is 0 Å². The van der Waals surface area contributed by atoms with Crippen molar-refractivity contribution in [3.05, 3.63) is 0 Å². The van der Waals surface area contributed by atoms with Crippen LogP contribution in [-0.4, -0.2) is 52.9 Å². The molecule has 3 N–H and O–H groups in total. The highest BCUT2D eigenvalue weighted by Gasteiger charge is 2.28. The van der Waals surface area contributed by atoms with Gasteiger partial charge in [-0.2, -0.15) is 0 Å². The molecule has 0 aromatic heterocycles. The van der Waals surface area contributed by atoms with Gasteiger partial charge in [0.2, 0.25) is 0 Å². The molecule has 1 aliphatic heterocycles. The quantitative estimate of drug-likeness (QED) is 0.702. The third-order valence-electron chi connectivity index (χ3n) is 4.19. The van der Waals surface area contributed by atoms with Gasteiger partial charge in [0.05, 0.1) is 12.0 Å². The zero-order chi connectivity index (χ0) is 13.8. The van der Waals surface area contributed by atoms with Gasteiger partial charge in [-0.3, -0.25) is 4.79 Å². The van der Waals surface area contributed by atoms with Crippen molar-refractivity contribution < 1.29 is 19.8 Å². The maximum Gasteiger partial charge on any atom is 0.317 e. The van der Waals surface area contributed by atoms with Gasteiger partial charge in [0.25, 0.3) is 0 Å². The molecule has 6 heteroatoms. The SMILES string of the molecule is O=C(O)C1CCC(CNC(=O)N2CCC(O)C2)CC1. The lowest BCUT2D eigenvalue weighted by Gasteiger charge is -2.27. The second kappa shape index (κ2) is 6.23. The number of β-amino-alcohol motifs (C(OH)–C–C–N with tert-alkyl or cyclic N) is 1. The van der Waals surface area contributed by atoms with Gasteiger partial charge < -0.3 is 20.4 Å². The molecular formula is C13H22N2O4. The van der Waals surface area contributed by atoms with E-state index in [4.69, 9.17) is 5.11 Å². The van der Waals surface area contributed by atoms with E-state index in [-0.39, 0.29) is 11.9 Å². The zero-order valence-corrected chi connectivity index (χ0v) is 11.0. The summed E-state index contributed by atoms with van der Waals surface area (Å²) in [6.07, 6.45) is 3.39. The molecule has 0 spiro atoms. The molecule has 108 valence electrons. The van der Waals surface area contributed by atoms with Crippen molar-refractivity contribution in [1.82, 2.24) is 10.2 Å². The van der Waals surface area contributed by atoms with Crippen LogP contribution in [0.2, 0.25) is 0 Å². The van der Waals surface area contributed by atoms with Crippen molar-refractivity contribution >= 4 is 12.0 Å². The van der Waals surface area contributed by atoms with Crippen molar-refractivity contribution in [3.63, 3.8) is 0 Å². The minimum Gasteiger partial charge on any atom is -0.481 e. The molecule has 2 rings (SSSR count). The van der Waals surface area contributed by atoms with Gasteiger partial charge in [-0.1, -0.05) is 0 Å². The molecule has 2 fully saturated rings. The summed E-state index contributed by atoms with van der Waals surface area (Å²) in [6.45, 7) is 1.63. The summed E-state index contributed by atoms with van der Waals surface area (Å²) in [5, 5.41) is 21.2. The molecule has 1 saturated heterocycles. The number of rotatable bonds is 3. The summed E-state index contributed by atoms with van der Waals surface area (Å²) in [5.74, 6) is -0.527. The van der Waals surface area contributed by atoms with Crippen molar-refractivity contribution in [3.8, 4) is 0 Å². The minimum absolute atomic E-state index is 0.114. The van der Waals surface area contributed by atoms with Crippen LogP contribution in [-0.2, 0) is 4.79 Å². The number of likely N-dealkylation sites (tertiary alicyclic amines) is 1. The smallest absolute Gasteiger partial charge is 0.317 e. The number of aliphatic hydroxyl groups excluding tert-OH is 1. The Hall–Kier alpha value is -1.30. The first-order chi connectivity index (χ1) is 9.06. The van der Waals surface area contributed by atoms with E-state index in [2.05, 4.69) is 5.32 Å². The number of aliphatic hydroxyl groups is 1. The monoisotopic (exact) mass is 270 g/mol. The van der Waals surface area contributed by atoms with E-state index in [0.717, 1.165) is 12.8 Å². The van der Waals surface area contributed by atoms with Gasteiger partial charge in [-0.15, -0.1) is 0 Å². The summed E-state index contributed by atoms with van der Waals surface area (Å²) in [6, 6.07) is -0.114. The number of nitrogens with zero attached hydrogens (tertiary/aromatic N) is 1. The van der Waals surface area contributed by atoms with Crippen LogP contribution in [0.1, 0.15) is 32.1 Å². The van der Waals surface area contributed by atoms with E-state index in [9.17, 15) is 14.7 Å². The largest absolute Gasteiger partial charge is 0.481 e. The number of carboxylic acids is 1. The topological polar surface area (TPSA) is 89.9 Å². The van der Waals surface area contributed by atoms with Crippen molar-refractivity contribution in [2.75, 3.05) is 19.6 Å². The van der Waals surface area contributed by atoms with E-state index in [0.29, 0.717) is 44.8 Å². The van der Waals surface area contributed by atoms with E-state index in [1.807, 2.05) is 0 Å². The highest BCUT2D eigenvalue weighted by Crippen LogP contribution is 2.28. The average molecular weight is 270 g/mol. The lowest BCUT2D eigenvalue weighted by molar-refractivity contribution is -0.143. The second-order valence-corrected chi connectivity index (χ2v) is 5.63. The van der Waals surface area contributed by atoms with Gasteiger partial charge >= 0.3 is 12.0 Å². The standard InChI is InChI=1S/C13H22N2O4/c16-11-5-6-15(8-11)13(19)14-7-9-1-3-10(4-2-9)12(17)18/h9-11,16H,1-8H2,(H,14,19)(H,17,18). The van der Waals surface area contributed by atoms with Crippen molar-refractivity contribution in [2.45, 2.75) is 38.2 Å². The van der Waals surface area contributed by atoms with Crippen LogP contribution < -0.4 is 5.32 Å². The maximum atomic E-state index is 11.8. The van der Waals surface area contributed by atoms with E-state index >= 15 is 0 Å². The Morgan fingerprint density at radius 2 is 1.84 bits per heavy atom. The number of hydrogen-bond acceptors (Lipinski definition) is 3. The Labute approximate surface area is 112 Å². The van der Waals surface area contributed by atoms with Crippen LogP contribution in [0.4, 0.5) is 4.79 Å². The van der Waals surface area contributed by atoms with Crippen LogP contribution in [0.3, 0.4) is 0 Å². The fraction of sp³-hybridized carbons (Fsp3) is 0.846. The number of amides is 2. The number of aliphatic carboxylic acids is 1. The minimum atomic E-state index is -0.700. The lowest BCUT2D eigenvalue weighted by Crippen LogP contribution is -2.41. The molecular weight excluding hydrogens is 248 g/mol. The number of nitrogens with one attached hydrogen (secondary N) is 1. The predicted octanol–water partition coefficient (Wildman–Crippen LogP) is 0.654. The molecule has 0 aromatic rings. The molecule has 6 nitrogen and oxygen atoms in total. The summed E-state index contributed by atoms with van der Waals surface area (Å²) < 4.78 is 0. The van der Waals surface area contributed by atoms with Crippen LogP contribution in [0.25, 0.3) is 0 Å². The number of carbonyl (C=O) groups excluding carboxylic acids is 1. The lowest BCUT2D eigenvalue weighted by atomic mass is 9.82.